The summed E-state index contributed by atoms with van der Waals surface area (Å²) in [6, 6.07) is 19.3. The molecule has 1 aliphatic rings. The SMILES string of the molecule is C.N#Cc1c([C@@H]2Cc3ccccc3CN2)cc(-c2ccccc2O)nc1N. The number of nitrogen functional groups attached to an aromatic ring is 1. The molecule has 0 aliphatic carbocycles. The fourth-order valence-electron chi connectivity index (χ4n) is 3.48. The minimum atomic E-state index is -0.0329. The minimum absolute atomic E-state index is 0. The lowest BCUT2D eigenvalue weighted by atomic mass is 9.89. The van der Waals surface area contributed by atoms with E-state index in [4.69, 9.17) is 5.73 Å². The highest BCUT2D eigenvalue weighted by Crippen LogP contribution is 2.34. The van der Waals surface area contributed by atoms with Crippen molar-refractivity contribution >= 4 is 5.82 Å². The van der Waals surface area contributed by atoms with Crippen molar-refractivity contribution in [3.05, 3.63) is 76.9 Å². The van der Waals surface area contributed by atoms with Crippen LogP contribution in [0.5, 0.6) is 5.75 Å². The van der Waals surface area contributed by atoms with Crippen molar-refractivity contribution in [3.8, 4) is 23.1 Å². The van der Waals surface area contributed by atoms with Gasteiger partial charge in [-0.15, -0.1) is 0 Å². The monoisotopic (exact) mass is 358 g/mol. The first-order valence-corrected chi connectivity index (χ1v) is 8.46. The van der Waals surface area contributed by atoms with Crippen molar-refractivity contribution < 1.29 is 5.11 Å². The van der Waals surface area contributed by atoms with Gasteiger partial charge in [0.1, 0.15) is 17.6 Å². The Morgan fingerprint density at radius 2 is 1.81 bits per heavy atom. The van der Waals surface area contributed by atoms with Crippen LogP contribution in [0.3, 0.4) is 0 Å². The summed E-state index contributed by atoms with van der Waals surface area (Å²) in [5.41, 5.74) is 11.0. The maximum Gasteiger partial charge on any atom is 0.142 e. The van der Waals surface area contributed by atoms with E-state index in [2.05, 4.69) is 28.5 Å². The third kappa shape index (κ3) is 3.35. The van der Waals surface area contributed by atoms with Crippen LogP contribution >= 0.6 is 0 Å². The van der Waals surface area contributed by atoms with Gasteiger partial charge >= 0.3 is 0 Å². The molecule has 5 nitrogen and oxygen atoms in total. The molecule has 0 bridgehead atoms. The normalized spacial score (nSPS) is 15.3. The van der Waals surface area contributed by atoms with Crippen LogP contribution in [0.15, 0.2) is 54.6 Å². The van der Waals surface area contributed by atoms with Crippen LogP contribution < -0.4 is 11.1 Å². The van der Waals surface area contributed by atoms with Gasteiger partial charge in [0.05, 0.1) is 11.3 Å². The lowest BCUT2D eigenvalue weighted by molar-refractivity contribution is 0.477. The van der Waals surface area contributed by atoms with E-state index in [1.165, 1.54) is 11.1 Å². The second kappa shape index (κ2) is 7.48. The number of rotatable bonds is 2. The molecule has 27 heavy (non-hydrogen) atoms. The third-order valence-corrected chi connectivity index (χ3v) is 4.83. The summed E-state index contributed by atoms with van der Waals surface area (Å²) in [6.07, 6.45) is 0.772. The Morgan fingerprint density at radius 1 is 1.11 bits per heavy atom. The van der Waals surface area contributed by atoms with Crippen LogP contribution in [0.2, 0.25) is 0 Å². The fourth-order valence-corrected chi connectivity index (χ4v) is 3.48. The third-order valence-electron chi connectivity index (χ3n) is 4.83. The van der Waals surface area contributed by atoms with Gasteiger partial charge in [-0.2, -0.15) is 5.26 Å². The van der Waals surface area contributed by atoms with Crippen molar-refractivity contribution in [1.82, 2.24) is 10.3 Å². The molecule has 4 rings (SSSR count). The predicted molar refractivity (Wildman–Crippen MR) is 107 cm³/mol. The summed E-state index contributed by atoms with van der Waals surface area (Å²) in [5.74, 6) is 0.320. The fraction of sp³-hybridized carbons (Fsp3) is 0.182. The molecular formula is C22H22N4O. The van der Waals surface area contributed by atoms with E-state index in [9.17, 15) is 10.4 Å². The number of fused-ring (bicyclic) bond motifs is 1. The average Bonchev–Trinajstić information content (AvgIpc) is 2.67. The molecule has 1 aliphatic heterocycles. The summed E-state index contributed by atoms with van der Waals surface area (Å²) in [4.78, 5) is 4.34. The highest BCUT2D eigenvalue weighted by Gasteiger charge is 2.24. The van der Waals surface area contributed by atoms with Gasteiger partial charge in [0, 0.05) is 18.2 Å². The van der Waals surface area contributed by atoms with Crippen LogP contribution in [0.25, 0.3) is 11.3 Å². The van der Waals surface area contributed by atoms with Gasteiger partial charge in [0.25, 0.3) is 0 Å². The predicted octanol–water partition coefficient (Wildman–Crippen LogP) is 3.93. The van der Waals surface area contributed by atoms with Crippen LogP contribution in [-0.4, -0.2) is 10.1 Å². The van der Waals surface area contributed by atoms with Crippen LogP contribution in [0, 0.1) is 11.3 Å². The summed E-state index contributed by atoms with van der Waals surface area (Å²) in [6.45, 7) is 0.736. The number of nitrogens with zero attached hydrogens (tertiary/aromatic N) is 2. The van der Waals surface area contributed by atoms with Gasteiger partial charge in [0.15, 0.2) is 0 Å². The number of aromatic nitrogens is 1. The molecule has 136 valence electrons. The molecular weight excluding hydrogens is 336 g/mol. The number of nitriles is 1. The number of phenolic OH excluding ortho intramolecular Hbond substituents is 1. The number of aromatic hydroxyl groups is 1. The number of para-hydroxylation sites is 1. The van der Waals surface area contributed by atoms with E-state index in [-0.39, 0.29) is 25.0 Å². The molecule has 0 unspecified atom stereocenters. The maximum absolute atomic E-state index is 10.2. The van der Waals surface area contributed by atoms with Gasteiger partial charge in [-0.3, -0.25) is 0 Å². The molecule has 0 fully saturated rings. The molecule has 1 aromatic heterocycles. The lowest BCUT2D eigenvalue weighted by Gasteiger charge is -2.27. The highest BCUT2D eigenvalue weighted by molar-refractivity contribution is 5.71. The first-order valence-electron chi connectivity index (χ1n) is 8.46. The van der Waals surface area contributed by atoms with Crippen molar-refractivity contribution in [1.29, 1.82) is 5.26 Å². The Balaban J connectivity index is 0.00000210. The van der Waals surface area contributed by atoms with Gasteiger partial charge in [-0.05, 0) is 41.3 Å². The number of benzene rings is 2. The summed E-state index contributed by atoms with van der Waals surface area (Å²) in [7, 11) is 0. The number of phenols is 1. The molecule has 1 atom stereocenters. The minimum Gasteiger partial charge on any atom is -0.507 e. The largest absolute Gasteiger partial charge is 0.507 e. The zero-order valence-electron chi connectivity index (χ0n) is 14.1. The van der Waals surface area contributed by atoms with Crippen LogP contribution in [0.4, 0.5) is 5.82 Å². The Bertz CT molecular complexity index is 1020. The van der Waals surface area contributed by atoms with Crippen LogP contribution in [-0.2, 0) is 13.0 Å². The van der Waals surface area contributed by atoms with E-state index < -0.39 is 0 Å². The van der Waals surface area contributed by atoms with E-state index in [0.29, 0.717) is 16.8 Å². The number of nitrogens with one attached hydrogen (secondary N) is 1. The smallest absolute Gasteiger partial charge is 0.142 e. The molecule has 0 saturated heterocycles. The molecule has 3 aromatic rings. The maximum atomic E-state index is 10.2. The van der Waals surface area contributed by atoms with Crippen molar-refractivity contribution in [2.45, 2.75) is 26.4 Å². The number of hydrogen-bond donors (Lipinski definition) is 3. The average molecular weight is 358 g/mol. The molecule has 0 spiro atoms. The van der Waals surface area contributed by atoms with Crippen molar-refractivity contribution in [2.75, 3.05) is 5.73 Å². The summed E-state index contributed by atoms with van der Waals surface area (Å²) in [5, 5.41) is 23.2. The molecule has 2 aromatic carbocycles. The molecule has 4 N–H and O–H groups in total. The van der Waals surface area contributed by atoms with Crippen molar-refractivity contribution in [2.24, 2.45) is 0 Å². The van der Waals surface area contributed by atoms with Gasteiger partial charge in [0.2, 0.25) is 0 Å². The quantitative estimate of drug-likeness (QED) is 0.645. The van der Waals surface area contributed by atoms with Crippen LogP contribution in [0.1, 0.15) is 35.7 Å². The summed E-state index contributed by atoms with van der Waals surface area (Å²) < 4.78 is 0. The first-order chi connectivity index (χ1) is 12.7. The first kappa shape index (κ1) is 18.4. The van der Waals surface area contributed by atoms with Crippen molar-refractivity contribution in [3.63, 3.8) is 0 Å². The van der Waals surface area contributed by atoms with Gasteiger partial charge in [-0.25, -0.2) is 4.98 Å². The zero-order valence-corrected chi connectivity index (χ0v) is 14.1. The highest BCUT2D eigenvalue weighted by atomic mass is 16.3. The number of anilines is 1. The molecule has 0 saturated carbocycles. The standard InChI is InChI=1S/C21H18N4O.CH4/c22-11-17-16(18-9-13-5-1-2-6-14(13)12-24-18)10-19(25-21(17)23)15-7-3-4-8-20(15)26;/h1-8,10,18,24,26H,9,12H2,(H2,23,25);1H4/t18-;/m0./s1. The van der Waals surface area contributed by atoms with Gasteiger partial charge < -0.3 is 16.2 Å². The second-order valence-corrected chi connectivity index (χ2v) is 6.39. The number of nitrogens with two attached hydrogens (primary N) is 1. The molecule has 0 radical (unpaired) electrons. The second-order valence-electron chi connectivity index (χ2n) is 6.39. The number of hydrogen-bond acceptors (Lipinski definition) is 5. The Kier molecular flexibility index (Phi) is 5.11. The number of pyridine rings is 1. The van der Waals surface area contributed by atoms with E-state index in [1.54, 1.807) is 18.2 Å². The summed E-state index contributed by atoms with van der Waals surface area (Å²) >= 11 is 0. The topological polar surface area (TPSA) is 95.0 Å². The van der Waals surface area contributed by atoms with E-state index in [0.717, 1.165) is 18.5 Å². The molecule has 0 amide bonds. The Hall–Kier alpha value is -3.36. The molecule has 2 heterocycles. The van der Waals surface area contributed by atoms with Gasteiger partial charge in [-0.1, -0.05) is 43.8 Å². The Morgan fingerprint density at radius 3 is 2.56 bits per heavy atom. The van der Waals surface area contributed by atoms with E-state index in [1.807, 2.05) is 24.3 Å². The molecule has 5 heteroatoms. The zero-order chi connectivity index (χ0) is 18.1. The lowest BCUT2D eigenvalue weighted by Crippen LogP contribution is -2.29. The Labute approximate surface area is 159 Å². The van der Waals surface area contributed by atoms with E-state index >= 15 is 0 Å².